The average molecular weight is 418 g/mol. The van der Waals surface area contributed by atoms with Crippen LogP contribution in [0, 0.1) is 0 Å². The number of nitrogens with two attached hydrogens (primary N) is 1. The standard InChI is InChI=1S/C18H37N.Fe.H3O4P/c1-2-3-4-5-6-7-8-9-10-11-12-13-14-15-16-17-18-19;;1-5(2,3)4/h9-10H,2-8,11-19H2,1H3;;(H3,1,2,3,4)/q;+3;/p-3/b10-9-;;. The maximum atomic E-state index is 8.55. The minimum Gasteiger partial charge on any atom is -0.822 e. The Hall–Kier alpha value is 0.329. The second-order valence-corrected chi connectivity index (χ2v) is 7.07. The molecule has 0 aliphatic heterocycles. The summed E-state index contributed by atoms with van der Waals surface area (Å²) in [6.07, 6.45) is 23.9. The molecule has 0 aromatic carbocycles. The summed E-state index contributed by atoms with van der Waals surface area (Å²) in [5.74, 6) is 0. The van der Waals surface area contributed by atoms with E-state index in [0.29, 0.717) is 0 Å². The molecule has 0 amide bonds. The maximum Gasteiger partial charge on any atom is 3.00 e. The van der Waals surface area contributed by atoms with Gasteiger partial charge in [-0.05, 0) is 38.6 Å². The quantitative estimate of drug-likeness (QED) is 0.190. The summed E-state index contributed by atoms with van der Waals surface area (Å²) in [6, 6.07) is 0. The summed E-state index contributed by atoms with van der Waals surface area (Å²) in [4.78, 5) is 25.6. The van der Waals surface area contributed by atoms with E-state index in [1.807, 2.05) is 0 Å². The fourth-order valence-corrected chi connectivity index (χ4v) is 2.39. The third kappa shape index (κ3) is 45.5. The molecule has 0 saturated carbocycles. The van der Waals surface area contributed by atoms with Gasteiger partial charge in [0.25, 0.3) is 0 Å². The molecule has 0 fully saturated rings. The molecule has 0 aliphatic rings. The van der Waals surface area contributed by atoms with Gasteiger partial charge in [-0.15, -0.1) is 0 Å². The Balaban J connectivity index is -0.000000704. The summed E-state index contributed by atoms with van der Waals surface area (Å²) in [5, 5.41) is 0. The first kappa shape index (κ1) is 30.1. The van der Waals surface area contributed by atoms with E-state index in [9.17, 15) is 0 Å². The van der Waals surface area contributed by atoms with E-state index in [1.165, 1.54) is 89.9 Å². The molecule has 0 bridgehead atoms. The van der Waals surface area contributed by atoms with Crippen molar-refractivity contribution in [3.63, 3.8) is 0 Å². The Morgan fingerprint density at radius 1 is 0.720 bits per heavy atom. The minimum atomic E-state index is -5.39. The number of unbranched alkanes of at least 4 members (excludes halogenated alkanes) is 12. The summed E-state index contributed by atoms with van der Waals surface area (Å²) in [5.41, 5.74) is 5.47. The van der Waals surface area contributed by atoms with Crippen molar-refractivity contribution in [3.05, 3.63) is 12.2 Å². The normalized spacial score (nSPS) is 11.1. The number of hydrogen-bond acceptors (Lipinski definition) is 5. The second kappa shape index (κ2) is 24.3. The number of rotatable bonds is 15. The van der Waals surface area contributed by atoms with Crippen LogP contribution in [0.4, 0.5) is 0 Å². The molecular weight excluding hydrogens is 381 g/mol. The van der Waals surface area contributed by atoms with Crippen LogP contribution in [0.2, 0.25) is 0 Å². The first-order valence-corrected chi connectivity index (χ1v) is 11.0. The van der Waals surface area contributed by atoms with Crippen molar-refractivity contribution in [2.24, 2.45) is 5.73 Å². The molecule has 0 rings (SSSR count). The van der Waals surface area contributed by atoms with E-state index in [-0.39, 0.29) is 17.1 Å². The zero-order chi connectivity index (χ0) is 18.5. The van der Waals surface area contributed by atoms with Gasteiger partial charge >= 0.3 is 17.1 Å². The van der Waals surface area contributed by atoms with Crippen LogP contribution in [0.25, 0.3) is 0 Å². The molecule has 1 radical (unpaired) electrons. The van der Waals surface area contributed by atoms with E-state index in [1.54, 1.807) is 0 Å². The fourth-order valence-electron chi connectivity index (χ4n) is 2.39. The molecule has 0 aromatic rings. The summed E-state index contributed by atoms with van der Waals surface area (Å²) in [6.45, 7) is 3.14. The van der Waals surface area contributed by atoms with Gasteiger partial charge in [0.2, 0.25) is 0 Å². The molecule has 151 valence electrons. The van der Waals surface area contributed by atoms with Gasteiger partial charge in [-0.1, -0.05) is 76.9 Å². The maximum absolute atomic E-state index is 8.55. The Bertz CT molecular complexity index is 303. The average Bonchev–Trinajstić information content (AvgIpc) is 2.49. The van der Waals surface area contributed by atoms with Gasteiger partial charge < -0.3 is 25.0 Å². The van der Waals surface area contributed by atoms with Gasteiger partial charge in [-0.25, -0.2) is 0 Å². The smallest absolute Gasteiger partial charge is 0.822 e. The molecule has 0 aromatic heterocycles. The largest absolute Gasteiger partial charge is 3.00 e. The molecule has 0 unspecified atom stereocenters. The molecule has 7 heteroatoms. The molecule has 0 atom stereocenters. The van der Waals surface area contributed by atoms with Crippen LogP contribution in [0.15, 0.2) is 12.2 Å². The van der Waals surface area contributed by atoms with Crippen LogP contribution in [-0.4, -0.2) is 6.54 Å². The summed E-state index contributed by atoms with van der Waals surface area (Å²) < 4.78 is 8.55. The van der Waals surface area contributed by atoms with Gasteiger partial charge in [-0.2, -0.15) is 7.82 Å². The second-order valence-electron chi connectivity index (χ2n) is 6.17. The Morgan fingerprint density at radius 3 is 1.40 bits per heavy atom. The van der Waals surface area contributed by atoms with Crippen molar-refractivity contribution in [2.75, 3.05) is 6.54 Å². The summed E-state index contributed by atoms with van der Waals surface area (Å²) >= 11 is 0. The molecule has 0 aliphatic carbocycles. The third-order valence-electron chi connectivity index (χ3n) is 3.72. The monoisotopic (exact) mass is 418 g/mol. The van der Waals surface area contributed by atoms with Gasteiger partial charge in [0.05, 0.1) is 0 Å². The minimum absolute atomic E-state index is 0. The molecule has 2 N–H and O–H groups in total. The molecule has 0 heterocycles. The van der Waals surface area contributed by atoms with Crippen molar-refractivity contribution < 1.29 is 36.3 Å². The SMILES string of the molecule is CCCCCCCC/C=C\CCCCCCCCN.O=P([O-])([O-])[O-].[Fe+3]. The predicted octanol–water partition coefficient (Wildman–Crippen LogP) is 3.16. The van der Waals surface area contributed by atoms with Gasteiger partial charge in [0.1, 0.15) is 0 Å². The van der Waals surface area contributed by atoms with Crippen molar-refractivity contribution in [3.8, 4) is 0 Å². The van der Waals surface area contributed by atoms with Gasteiger partial charge in [0, 0.05) is 0 Å². The molecule has 5 nitrogen and oxygen atoms in total. The third-order valence-corrected chi connectivity index (χ3v) is 3.72. The predicted molar refractivity (Wildman–Crippen MR) is 96.1 cm³/mol. The van der Waals surface area contributed by atoms with E-state index >= 15 is 0 Å². The Kier molecular flexibility index (Phi) is 29.3. The van der Waals surface area contributed by atoms with E-state index in [4.69, 9.17) is 25.0 Å². The van der Waals surface area contributed by atoms with Crippen LogP contribution in [0.5, 0.6) is 0 Å². The van der Waals surface area contributed by atoms with Crippen LogP contribution in [-0.2, 0) is 21.6 Å². The van der Waals surface area contributed by atoms with Crippen molar-refractivity contribution in [2.45, 2.75) is 96.8 Å². The molecular formula is C18H37FeNO4P. The van der Waals surface area contributed by atoms with Gasteiger partial charge in [-0.3, -0.25) is 0 Å². The van der Waals surface area contributed by atoms with Crippen LogP contribution in [0.3, 0.4) is 0 Å². The number of allylic oxidation sites excluding steroid dienone is 2. The van der Waals surface area contributed by atoms with E-state index in [2.05, 4.69) is 19.1 Å². The van der Waals surface area contributed by atoms with Crippen molar-refractivity contribution in [1.29, 1.82) is 0 Å². The molecule has 0 saturated heterocycles. The molecule has 25 heavy (non-hydrogen) atoms. The fraction of sp³-hybridized carbons (Fsp3) is 0.889. The zero-order valence-electron chi connectivity index (χ0n) is 15.8. The first-order chi connectivity index (χ1) is 11.4. The van der Waals surface area contributed by atoms with Crippen molar-refractivity contribution in [1.82, 2.24) is 0 Å². The van der Waals surface area contributed by atoms with Crippen LogP contribution in [0.1, 0.15) is 96.8 Å². The Labute approximate surface area is 165 Å². The number of phosphoric acid groups is 1. The molecule has 0 spiro atoms. The van der Waals surface area contributed by atoms with Crippen molar-refractivity contribution >= 4 is 7.82 Å². The number of hydrogen-bond donors (Lipinski definition) is 1. The first-order valence-electron chi connectivity index (χ1n) is 9.50. The van der Waals surface area contributed by atoms with E-state index in [0.717, 1.165) is 6.54 Å². The van der Waals surface area contributed by atoms with E-state index < -0.39 is 7.82 Å². The van der Waals surface area contributed by atoms with Crippen LogP contribution < -0.4 is 20.4 Å². The van der Waals surface area contributed by atoms with Gasteiger partial charge in [0.15, 0.2) is 0 Å². The topological polar surface area (TPSA) is 112 Å². The Morgan fingerprint density at radius 2 is 1.04 bits per heavy atom. The summed E-state index contributed by atoms with van der Waals surface area (Å²) in [7, 11) is -5.39. The zero-order valence-corrected chi connectivity index (χ0v) is 17.8. The van der Waals surface area contributed by atoms with Crippen LogP contribution >= 0.6 is 7.82 Å².